The summed E-state index contributed by atoms with van der Waals surface area (Å²) in [6.07, 6.45) is -2.65. The summed E-state index contributed by atoms with van der Waals surface area (Å²) in [6.45, 7) is 2.95. The van der Waals surface area contributed by atoms with Crippen molar-refractivity contribution in [1.82, 2.24) is 9.97 Å². The number of amides is 1. The molecule has 37 heavy (non-hydrogen) atoms. The number of carbonyl (C=O) groups excluding carboxylic acids is 1. The second-order valence-corrected chi connectivity index (χ2v) is 8.40. The topological polar surface area (TPSA) is 102 Å². The Balaban J connectivity index is 2.10. The van der Waals surface area contributed by atoms with Gasteiger partial charge in [0.2, 0.25) is 5.88 Å². The molecule has 0 radical (unpaired) electrons. The number of carbonyl (C=O) groups is 2. The lowest BCUT2D eigenvalue weighted by molar-refractivity contribution is -0.139. The molecule has 0 fully saturated rings. The van der Waals surface area contributed by atoms with E-state index in [-0.39, 0.29) is 28.6 Å². The van der Waals surface area contributed by atoms with E-state index in [0.29, 0.717) is 12.1 Å². The lowest BCUT2D eigenvalue weighted by Gasteiger charge is -2.28. The van der Waals surface area contributed by atoms with Gasteiger partial charge in [0.25, 0.3) is 5.91 Å². The highest BCUT2D eigenvalue weighted by Gasteiger charge is 2.36. The first kappa shape index (κ1) is 27.8. The molecule has 1 aromatic carbocycles. The maximum Gasteiger partial charge on any atom is 0.421 e. The van der Waals surface area contributed by atoms with Crippen LogP contribution in [0.3, 0.4) is 0 Å². The first-order valence-electron chi connectivity index (χ1n) is 10.6. The van der Waals surface area contributed by atoms with Crippen molar-refractivity contribution < 1.29 is 41.7 Å². The number of rotatable bonds is 8. The summed E-state index contributed by atoms with van der Waals surface area (Å²) >= 11 is 5.80. The molecule has 3 rings (SSSR count). The van der Waals surface area contributed by atoms with Gasteiger partial charge in [-0.1, -0.05) is 11.6 Å². The van der Waals surface area contributed by atoms with Crippen LogP contribution in [0.5, 0.6) is 11.6 Å². The van der Waals surface area contributed by atoms with Crippen molar-refractivity contribution in [3.05, 3.63) is 75.9 Å². The first-order valence-corrected chi connectivity index (χ1v) is 11.0. The number of methoxy groups -OCH3 is 1. The monoisotopic (exact) mass is 541 g/mol. The molecular formula is C24H20ClF4N3O5. The average Bonchev–Trinajstić information content (AvgIpc) is 2.81. The van der Waals surface area contributed by atoms with Gasteiger partial charge in [-0.05, 0) is 37.6 Å². The maximum absolute atomic E-state index is 15.1. The van der Waals surface area contributed by atoms with Crippen LogP contribution in [0.1, 0.15) is 45.8 Å². The second kappa shape index (κ2) is 11.1. The predicted octanol–water partition coefficient (Wildman–Crippen LogP) is 5.98. The van der Waals surface area contributed by atoms with Crippen LogP contribution in [0.25, 0.3) is 0 Å². The Kier molecular flexibility index (Phi) is 8.34. The molecule has 0 saturated heterocycles. The highest BCUT2D eigenvalue weighted by Crippen LogP contribution is 2.39. The summed E-state index contributed by atoms with van der Waals surface area (Å²) in [5.41, 5.74) is -2.27. The Morgan fingerprint density at radius 2 is 1.84 bits per heavy atom. The third-order valence-corrected chi connectivity index (χ3v) is 5.18. The number of halogens is 5. The third-order valence-electron chi connectivity index (χ3n) is 4.95. The fourth-order valence-corrected chi connectivity index (χ4v) is 3.48. The summed E-state index contributed by atoms with van der Waals surface area (Å²) in [5.74, 6) is -5.38. The molecule has 0 aliphatic carbocycles. The lowest BCUT2D eigenvalue weighted by Crippen LogP contribution is -2.38. The number of hydrogen-bond donors (Lipinski definition) is 1. The SMILES string of the molecule is COCc1cnc(Oc2cc(C(=O)O)c(N(C(=O)c3ccc(Cl)cn3)C(C)C)cc2F)c(C(F)(F)F)c1. The van der Waals surface area contributed by atoms with Crippen LogP contribution >= 0.6 is 11.6 Å². The van der Waals surface area contributed by atoms with Crippen LogP contribution in [0.4, 0.5) is 23.2 Å². The fraction of sp³-hybridized carbons (Fsp3) is 0.250. The van der Waals surface area contributed by atoms with Crippen LogP contribution in [0, 0.1) is 5.82 Å². The first-order chi connectivity index (χ1) is 17.3. The number of nitrogens with zero attached hydrogens (tertiary/aromatic N) is 3. The van der Waals surface area contributed by atoms with E-state index in [1.807, 2.05) is 0 Å². The van der Waals surface area contributed by atoms with E-state index in [1.165, 1.54) is 25.4 Å². The Bertz CT molecular complexity index is 1320. The smallest absolute Gasteiger partial charge is 0.421 e. The van der Waals surface area contributed by atoms with E-state index in [4.69, 9.17) is 21.1 Å². The van der Waals surface area contributed by atoms with Crippen molar-refractivity contribution >= 4 is 29.2 Å². The van der Waals surface area contributed by atoms with Gasteiger partial charge in [-0.3, -0.25) is 4.79 Å². The van der Waals surface area contributed by atoms with Crippen molar-refractivity contribution in [2.45, 2.75) is 32.7 Å². The maximum atomic E-state index is 15.1. The zero-order valence-corrected chi connectivity index (χ0v) is 20.4. The van der Waals surface area contributed by atoms with Crippen LogP contribution in [-0.4, -0.2) is 40.1 Å². The van der Waals surface area contributed by atoms with Crippen molar-refractivity contribution in [1.29, 1.82) is 0 Å². The molecule has 1 amide bonds. The Hall–Kier alpha value is -3.77. The molecule has 1 N–H and O–H groups in total. The van der Waals surface area contributed by atoms with Crippen molar-refractivity contribution in [2.24, 2.45) is 0 Å². The van der Waals surface area contributed by atoms with Gasteiger partial charge in [-0.25, -0.2) is 19.2 Å². The number of hydrogen-bond acceptors (Lipinski definition) is 6. The van der Waals surface area contributed by atoms with Crippen molar-refractivity contribution in [3.8, 4) is 11.6 Å². The normalized spacial score (nSPS) is 11.5. The molecule has 0 unspecified atom stereocenters. The number of carboxylic acids is 1. The number of alkyl halides is 3. The quantitative estimate of drug-likeness (QED) is 0.350. The summed E-state index contributed by atoms with van der Waals surface area (Å²) < 4.78 is 65.9. The van der Waals surface area contributed by atoms with Gasteiger partial charge >= 0.3 is 12.1 Å². The Labute approximate surface area is 213 Å². The largest absolute Gasteiger partial charge is 0.478 e. The molecule has 8 nitrogen and oxygen atoms in total. The molecule has 2 heterocycles. The van der Waals surface area contributed by atoms with Gasteiger partial charge in [0.05, 0.1) is 22.9 Å². The summed E-state index contributed by atoms with van der Waals surface area (Å²) in [7, 11) is 1.29. The molecule has 0 atom stereocenters. The molecule has 2 aromatic heterocycles. The zero-order chi connectivity index (χ0) is 27.5. The molecule has 0 saturated carbocycles. The van der Waals surface area contributed by atoms with Gasteiger partial charge in [-0.15, -0.1) is 0 Å². The van der Waals surface area contributed by atoms with E-state index < -0.39 is 52.7 Å². The molecular weight excluding hydrogens is 522 g/mol. The van der Waals surface area contributed by atoms with Gasteiger partial charge in [-0.2, -0.15) is 13.2 Å². The third kappa shape index (κ3) is 6.33. The van der Waals surface area contributed by atoms with Crippen LogP contribution < -0.4 is 9.64 Å². The van der Waals surface area contributed by atoms with Gasteiger partial charge < -0.3 is 19.5 Å². The molecule has 0 bridgehead atoms. The zero-order valence-electron chi connectivity index (χ0n) is 19.6. The Morgan fingerprint density at radius 3 is 2.38 bits per heavy atom. The van der Waals surface area contributed by atoms with Crippen LogP contribution in [0.15, 0.2) is 42.7 Å². The van der Waals surface area contributed by atoms with Crippen molar-refractivity contribution in [3.63, 3.8) is 0 Å². The highest BCUT2D eigenvalue weighted by molar-refractivity contribution is 6.30. The van der Waals surface area contributed by atoms with Gasteiger partial charge in [0.1, 0.15) is 11.3 Å². The average molecular weight is 542 g/mol. The second-order valence-electron chi connectivity index (χ2n) is 7.96. The molecule has 3 aromatic rings. The highest BCUT2D eigenvalue weighted by atomic mass is 35.5. The minimum Gasteiger partial charge on any atom is -0.478 e. The van der Waals surface area contributed by atoms with Crippen LogP contribution in [-0.2, 0) is 17.5 Å². The lowest BCUT2D eigenvalue weighted by atomic mass is 10.1. The summed E-state index contributed by atoms with van der Waals surface area (Å²) in [4.78, 5) is 33.7. The minimum absolute atomic E-state index is 0.0890. The molecule has 0 aliphatic heterocycles. The predicted molar refractivity (Wildman–Crippen MR) is 125 cm³/mol. The van der Waals surface area contributed by atoms with E-state index in [0.717, 1.165) is 17.2 Å². The number of aromatic carboxylic acids is 1. The van der Waals surface area contributed by atoms with E-state index in [2.05, 4.69) is 9.97 Å². The van der Waals surface area contributed by atoms with Gasteiger partial charge in [0, 0.05) is 37.7 Å². The summed E-state index contributed by atoms with van der Waals surface area (Å²) in [5, 5.41) is 10.0. The number of ether oxygens (including phenoxy) is 2. The van der Waals surface area contributed by atoms with E-state index in [1.54, 1.807) is 13.8 Å². The number of benzene rings is 1. The standard InChI is InChI=1S/C24H20ClF4N3O5/c1-12(2)32(22(33)18-5-4-14(25)10-30-18)19-8-17(26)20(7-15(19)23(34)35)37-21-16(24(27,28)29)6-13(9-31-21)11-36-3/h4-10,12H,11H2,1-3H3,(H,34,35). The minimum atomic E-state index is -4.91. The molecule has 13 heteroatoms. The van der Waals surface area contributed by atoms with Gasteiger partial charge in [0.15, 0.2) is 11.6 Å². The Morgan fingerprint density at radius 1 is 1.14 bits per heavy atom. The molecule has 0 spiro atoms. The number of carboxylic acid groups (broad SMARTS) is 1. The summed E-state index contributed by atoms with van der Waals surface area (Å²) in [6, 6.07) is 4.16. The fourth-order valence-electron chi connectivity index (χ4n) is 3.37. The van der Waals surface area contributed by atoms with E-state index in [9.17, 15) is 27.9 Å². The molecule has 196 valence electrons. The van der Waals surface area contributed by atoms with Crippen molar-refractivity contribution in [2.75, 3.05) is 12.0 Å². The molecule has 0 aliphatic rings. The number of anilines is 1. The number of pyridine rings is 2. The van der Waals surface area contributed by atoms with E-state index >= 15 is 4.39 Å². The van der Waals surface area contributed by atoms with Crippen LogP contribution in [0.2, 0.25) is 5.02 Å². The number of aromatic nitrogens is 2.